The fourth-order valence-corrected chi connectivity index (χ4v) is 3.95. The summed E-state index contributed by atoms with van der Waals surface area (Å²) < 4.78 is 21.0. The van der Waals surface area contributed by atoms with Crippen LogP contribution in [0.1, 0.15) is 15.9 Å². The maximum atomic E-state index is 13.9. The second-order valence-corrected chi connectivity index (χ2v) is 8.19. The Balaban J connectivity index is 1.41. The number of nitrogens with one attached hydrogen (secondary N) is 3. The first-order chi connectivity index (χ1) is 16.9. The molecule has 2 aromatic heterocycles. The molecule has 2 heterocycles. The number of carbonyl (C=O) groups is 1. The number of benzene rings is 3. The number of amides is 1. The monoisotopic (exact) mass is 490 g/mol. The minimum atomic E-state index is -0.518. The third-order valence-electron chi connectivity index (χ3n) is 5.53. The van der Waals surface area contributed by atoms with Gasteiger partial charge in [-0.25, -0.2) is 9.07 Å². The summed E-state index contributed by atoms with van der Waals surface area (Å²) >= 11 is 6.53. The highest BCUT2D eigenvalue weighted by Crippen LogP contribution is 2.33. The standard InChI is InChI=1S/C25H20ClFN6O2/c1-14-13-33(32-24(14)29-21-10-9-19-17(23(21)26)12-28-31-19)15-7-8-16(22(11-15)35-2)25(34)30-20-6-4-3-5-18(20)27/h3-13H,1-2H3,(H,28,31)(H,29,32)(H,30,34). The van der Waals surface area contributed by atoms with Crippen molar-refractivity contribution < 1.29 is 13.9 Å². The number of anilines is 3. The van der Waals surface area contributed by atoms with Gasteiger partial charge in [0.1, 0.15) is 11.6 Å². The number of fused-ring (bicyclic) bond motifs is 1. The van der Waals surface area contributed by atoms with Crippen LogP contribution in [0, 0.1) is 12.7 Å². The van der Waals surface area contributed by atoms with Gasteiger partial charge in [0.25, 0.3) is 5.91 Å². The summed E-state index contributed by atoms with van der Waals surface area (Å²) in [5, 5.41) is 18.7. The van der Waals surface area contributed by atoms with Gasteiger partial charge in [-0.2, -0.15) is 5.10 Å². The summed E-state index contributed by atoms with van der Waals surface area (Å²) in [6.07, 6.45) is 3.52. The van der Waals surface area contributed by atoms with Crippen molar-refractivity contribution in [1.29, 1.82) is 0 Å². The van der Waals surface area contributed by atoms with E-state index < -0.39 is 11.7 Å². The lowest BCUT2D eigenvalue weighted by Crippen LogP contribution is -2.14. The second kappa shape index (κ2) is 9.11. The zero-order valence-corrected chi connectivity index (χ0v) is 19.5. The topological polar surface area (TPSA) is 96.9 Å². The van der Waals surface area contributed by atoms with Crippen LogP contribution < -0.4 is 15.4 Å². The van der Waals surface area contributed by atoms with E-state index in [0.717, 1.165) is 16.5 Å². The van der Waals surface area contributed by atoms with Gasteiger partial charge in [-0.05, 0) is 43.3 Å². The third-order valence-corrected chi connectivity index (χ3v) is 5.93. The Morgan fingerprint density at radius 2 is 1.97 bits per heavy atom. The van der Waals surface area contributed by atoms with Crippen molar-refractivity contribution in [2.75, 3.05) is 17.7 Å². The van der Waals surface area contributed by atoms with Crippen LogP contribution in [0.2, 0.25) is 5.02 Å². The number of halogens is 2. The molecule has 8 nitrogen and oxygen atoms in total. The van der Waals surface area contributed by atoms with E-state index >= 15 is 0 Å². The number of H-pyrrole nitrogens is 1. The highest BCUT2D eigenvalue weighted by molar-refractivity contribution is 6.38. The number of hydrogen-bond acceptors (Lipinski definition) is 5. The van der Waals surface area contributed by atoms with Crippen molar-refractivity contribution >= 4 is 45.6 Å². The molecule has 0 aliphatic heterocycles. The number of carbonyl (C=O) groups excluding carboxylic acids is 1. The van der Waals surface area contributed by atoms with E-state index in [4.69, 9.17) is 16.3 Å². The Hall–Kier alpha value is -4.37. The quantitative estimate of drug-likeness (QED) is 0.277. The normalized spacial score (nSPS) is 11.0. The molecular formula is C25H20ClFN6O2. The number of para-hydroxylation sites is 1. The van der Waals surface area contributed by atoms with Crippen LogP contribution in [-0.2, 0) is 0 Å². The molecule has 0 spiro atoms. The first-order valence-corrected chi connectivity index (χ1v) is 11.0. The van der Waals surface area contributed by atoms with Crippen LogP contribution in [0.15, 0.2) is 67.0 Å². The van der Waals surface area contributed by atoms with E-state index in [1.807, 2.05) is 25.3 Å². The highest BCUT2D eigenvalue weighted by atomic mass is 35.5. The summed E-state index contributed by atoms with van der Waals surface area (Å²) in [4.78, 5) is 12.8. The lowest BCUT2D eigenvalue weighted by atomic mass is 10.1. The van der Waals surface area contributed by atoms with Gasteiger partial charge in [0.05, 0.1) is 46.5 Å². The maximum Gasteiger partial charge on any atom is 0.259 e. The summed E-state index contributed by atoms with van der Waals surface area (Å²) in [7, 11) is 1.47. The molecule has 0 radical (unpaired) electrons. The van der Waals surface area contributed by atoms with E-state index in [-0.39, 0.29) is 11.3 Å². The number of hydrogen-bond donors (Lipinski definition) is 3. The number of aromatic amines is 1. The molecular weight excluding hydrogens is 471 g/mol. The van der Waals surface area contributed by atoms with Gasteiger partial charge in [-0.3, -0.25) is 9.89 Å². The molecule has 0 atom stereocenters. The third kappa shape index (κ3) is 4.29. The smallest absolute Gasteiger partial charge is 0.259 e. The van der Waals surface area contributed by atoms with Gasteiger partial charge in [0.15, 0.2) is 5.82 Å². The van der Waals surface area contributed by atoms with Crippen molar-refractivity contribution in [1.82, 2.24) is 20.0 Å². The number of methoxy groups -OCH3 is 1. The average Bonchev–Trinajstić information content (AvgIpc) is 3.49. The van der Waals surface area contributed by atoms with Gasteiger partial charge in [0, 0.05) is 23.2 Å². The number of rotatable bonds is 6. The van der Waals surface area contributed by atoms with Gasteiger partial charge < -0.3 is 15.4 Å². The molecule has 176 valence electrons. The van der Waals surface area contributed by atoms with Gasteiger partial charge in [0.2, 0.25) is 0 Å². The van der Waals surface area contributed by atoms with E-state index in [0.29, 0.717) is 28.0 Å². The van der Waals surface area contributed by atoms with E-state index in [1.165, 1.54) is 19.2 Å². The average molecular weight is 491 g/mol. The molecule has 0 fully saturated rings. The molecule has 3 aromatic carbocycles. The lowest BCUT2D eigenvalue weighted by Gasteiger charge is -2.12. The Labute approximate surface area is 204 Å². The van der Waals surface area contributed by atoms with E-state index in [1.54, 1.807) is 41.2 Å². The molecule has 0 saturated heterocycles. The maximum absolute atomic E-state index is 13.9. The molecule has 10 heteroatoms. The Morgan fingerprint density at radius 3 is 2.77 bits per heavy atom. The molecule has 0 saturated carbocycles. The van der Waals surface area contributed by atoms with Gasteiger partial charge in [-0.1, -0.05) is 23.7 Å². The summed E-state index contributed by atoms with van der Waals surface area (Å²) in [6.45, 7) is 1.92. The molecule has 5 rings (SSSR count). The predicted molar refractivity (Wildman–Crippen MR) is 134 cm³/mol. The number of nitrogens with zero attached hydrogens (tertiary/aromatic N) is 3. The Bertz CT molecular complexity index is 1560. The Kier molecular flexibility index (Phi) is 5.84. The lowest BCUT2D eigenvalue weighted by molar-refractivity contribution is 0.102. The van der Waals surface area contributed by atoms with Crippen molar-refractivity contribution in [3.8, 4) is 11.4 Å². The molecule has 35 heavy (non-hydrogen) atoms. The first-order valence-electron chi connectivity index (χ1n) is 10.6. The van der Waals surface area contributed by atoms with Crippen molar-refractivity contribution in [3.05, 3.63) is 89.0 Å². The minimum Gasteiger partial charge on any atom is -0.496 e. The zero-order valence-electron chi connectivity index (χ0n) is 18.8. The van der Waals surface area contributed by atoms with Gasteiger partial charge in [-0.15, -0.1) is 5.10 Å². The molecule has 0 bridgehead atoms. The number of aryl methyl sites for hydroxylation is 1. The molecule has 5 aromatic rings. The van der Waals surface area contributed by atoms with E-state index in [9.17, 15) is 9.18 Å². The summed E-state index contributed by atoms with van der Waals surface area (Å²) in [5.74, 6) is -0.0557. The van der Waals surface area contributed by atoms with Crippen LogP contribution in [0.5, 0.6) is 5.75 Å². The largest absolute Gasteiger partial charge is 0.496 e. The van der Waals surface area contributed by atoms with Crippen molar-refractivity contribution in [2.24, 2.45) is 0 Å². The van der Waals surface area contributed by atoms with Crippen LogP contribution >= 0.6 is 11.6 Å². The minimum absolute atomic E-state index is 0.0920. The van der Waals surface area contributed by atoms with Crippen LogP contribution in [-0.4, -0.2) is 33.0 Å². The first kappa shape index (κ1) is 22.4. The fraction of sp³-hybridized carbons (Fsp3) is 0.0800. The van der Waals surface area contributed by atoms with Crippen LogP contribution in [0.3, 0.4) is 0 Å². The van der Waals surface area contributed by atoms with E-state index in [2.05, 4.69) is 25.9 Å². The van der Waals surface area contributed by atoms with Crippen LogP contribution in [0.25, 0.3) is 16.6 Å². The summed E-state index contributed by atoms with van der Waals surface area (Å²) in [6, 6.07) is 14.7. The predicted octanol–water partition coefficient (Wildman–Crippen LogP) is 5.85. The fourth-order valence-electron chi connectivity index (χ4n) is 3.69. The molecule has 0 aliphatic rings. The molecule has 0 aliphatic carbocycles. The highest BCUT2D eigenvalue weighted by Gasteiger charge is 2.17. The summed E-state index contributed by atoms with van der Waals surface area (Å²) in [5.41, 5.74) is 3.46. The van der Waals surface area contributed by atoms with Crippen molar-refractivity contribution in [2.45, 2.75) is 6.92 Å². The van der Waals surface area contributed by atoms with Gasteiger partial charge >= 0.3 is 0 Å². The second-order valence-electron chi connectivity index (χ2n) is 7.81. The molecule has 3 N–H and O–H groups in total. The number of aromatic nitrogens is 4. The van der Waals surface area contributed by atoms with Crippen molar-refractivity contribution in [3.63, 3.8) is 0 Å². The SMILES string of the molecule is COc1cc(-n2cc(C)c(Nc3ccc4[nH]ncc4c3Cl)n2)ccc1C(=O)Nc1ccccc1F. The molecule has 1 amide bonds. The zero-order chi connectivity index (χ0) is 24.5. The Morgan fingerprint density at radius 1 is 1.14 bits per heavy atom. The van der Waals surface area contributed by atoms with Crippen LogP contribution in [0.4, 0.5) is 21.6 Å². The number of ether oxygens (including phenoxy) is 1. The molecule has 0 unspecified atom stereocenters.